The Balaban J connectivity index is 0.000000828. The van der Waals surface area contributed by atoms with Crippen LogP contribution >= 0.6 is 22.7 Å². The molecule has 0 radical (unpaired) electrons. The maximum Gasteiger partial charge on any atom is 0.409 e. The minimum atomic E-state index is -1.33. The molecule has 0 aliphatic heterocycles. The Hall–Kier alpha value is -2.99. The Morgan fingerprint density at radius 3 is 2.56 bits per heavy atom. The molecule has 0 unspecified atom stereocenters. The number of aliphatic imine (C=N–C) groups is 1. The monoisotopic (exact) mass is 413 g/mol. The molecular formula is C15H19N5O5S2. The van der Waals surface area contributed by atoms with E-state index in [4.69, 9.17) is 15.0 Å². The number of hydrogen-bond donors (Lipinski definition) is 5. The molecule has 2 heterocycles. The highest BCUT2D eigenvalue weighted by molar-refractivity contribution is 7.14. The van der Waals surface area contributed by atoms with E-state index in [1.54, 1.807) is 11.3 Å². The van der Waals surface area contributed by atoms with Crippen molar-refractivity contribution in [3.63, 3.8) is 0 Å². The van der Waals surface area contributed by atoms with Gasteiger partial charge in [-0.05, 0) is 25.0 Å². The van der Waals surface area contributed by atoms with Crippen LogP contribution in [0.25, 0.3) is 0 Å². The van der Waals surface area contributed by atoms with Gasteiger partial charge in [0.05, 0.1) is 18.6 Å². The van der Waals surface area contributed by atoms with E-state index in [-0.39, 0.29) is 5.91 Å². The predicted octanol–water partition coefficient (Wildman–Crippen LogP) is 2.37. The lowest BCUT2D eigenvalue weighted by Gasteiger charge is -1.96. The van der Waals surface area contributed by atoms with Crippen molar-refractivity contribution in [3.05, 3.63) is 33.0 Å². The number of nitrogens with two attached hydrogens (primary N) is 1. The van der Waals surface area contributed by atoms with Crippen molar-refractivity contribution in [1.82, 2.24) is 10.3 Å². The fourth-order valence-electron chi connectivity index (χ4n) is 1.76. The summed E-state index contributed by atoms with van der Waals surface area (Å²) in [5.74, 6) is -0.119. The highest BCUT2D eigenvalue weighted by Gasteiger charge is 2.05. The van der Waals surface area contributed by atoms with E-state index in [0.29, 0.717) is 11.7 Å². The van der Waals surface area contributed by atoms with Crippen LogP contribution in [-0.2, 0) is 24.2 Å². The predicted molar refractivity (Wildman–Crippen MR) is 104 cm³/mol. The molecular weight excluding hydrogens is 394 g/mol. The normalized spacial score (nSPS) is 10.1. The first kappa shape index (κ1) is 22.1. The van der Waals surface area contributed by atoms with E-state index in [0.717, 1.165) is 23.4 Å². The summed E-state index contributed by atoms with van der Waals surface area (Å²) in [5, 5.41) is 22.9. The van der Waals surface area contributed by atoms with Gasteiger partial charge < -0.3 is 21.3 Å². The van der Waals surface area contributed by atoms with Gasteiger partial charge in [0.15, 0.2) is 5.13 Å². The molecule has 0 spiro atoms. The van der Waals surface area contributed by atoms with Gasteiger partial charge in [0, 0.05) is 22.1 Å². The summed E-state index contributed by atoms with van der Waals surface area (Å²) in [6, 6.07) is 4.03. The summed E-state index contributed by atoms with van der Waals surface area (Å²) in [6.45, 7) is 1.91. The Labute approximate surface area is 162 Å². The number of aromatic nitrogens is 1. The fourth-order valence-corrected chi connectivity index (χ4v) is 3.50. The van der Waals surface area contributed by atoms with E-state index < -0.39 is 12.2 Å². The zero-order chi connectivity index (χ0) is 20.2. The summed E-state index contributed by atoms with van der Waals surface area (Å²) in [4.78, 5) is 40.6. The zero-order valence-electron chi connectivity index (χ0n) is 14.3. The summed E-state index contributed by atoms with van der Waals surface area (Å²) < 4.78 is 0. The second kappa shape index (κ2) is 11.6. The number of rotatable bonds is 7. The minimum absolute atomic E-state index is 0.119. The second-order valence-corrected chi connectivity index (χ2v) is 7.06. The lowest BCUT2D eigenvalue weighted by Crippen LogP contribution is -2.18. The first-order valence-electron chi connectivity index (χ1n) is 7.52. The SMILES string of the molecule is CC(=O)Nc1nc(CCc2ccc(CN=CNC(=O)O)s2)cs1.NC(=O)O. The van der Waals surface area contributed by atoms with Crippen LogP contribution < -0.4 is 16.4 Å². The second-order valence-electron chi connectivity index (χ2n) is 4.95. The first-order chi connectivity index (χ1) is 12.8. The number of anilines is 1. The van der Waals surface area contributed by atoms with Gasteiger partial charge in [0.1, 0.15) is 0 Å². The van der Waals surface area contributed by atoms with Crippen LogP contribution in [0.5, 0.6) is 0 Å². The Bertz CT molecular complexity index is 798. The molecule has 2 aromatic heterocycles. The van der Waals surface area contributed by atoms with E-state index in [9.17, 15) is 9.59 Å². The number of primary amides is 1. The molecule has 0 bridgehead atoms. The van der Waals surface area contributed by atoms with Crippen molar-refractivity contribution >= 4 is 52.2 Å². The average Bonchev–Trinajstić information content (AvgIpc) is 3.17. The molecule has 0 saturated carbocycles. The Kier molecular flexibility index (Phi) is 9.47. The third kappa shape index (κ3) is 10.6. The van der Waals surface area contributed by atoms with Crippen LogP contribution in [0.15, 0.2) is 22.5 Å². The molecule has 6 N–H and O–H groups in total. The van der Waals surface area contributed by atoms with E-state index in [2.05, 4.69) is 26.3 Å². The molecule has 0 aliphatic carbocycles. The van der Waals surface area contributed by atoms with E-state index in [1.165, 1.54) is 29.5 Å². The topological polar surface area (TPSA) is 167 Å². The van der Waals surface area contributed by atoms with Gasteiger partial charge >= 0.3 is 12.2 Å². The number of nitrogens with one attached hydrogen (secondary N) is 2. The summed E-state index contributed by atoms with van der Waals surface area (Å²) in [5.41, 5.74) is 4.98. The maximum absolute atomic E-state index is 11.0. The number of carbonyl (C=O) groups is 3. The quantitative estimate of drug-likeness (QED) is 0.345. The average molecular weight is 413 g/mol. The van der Waals surface area contributed by atoms with Crippen LogP contribution in [0.3, 0.4) is 0 Å². The molecule has 27 heavy (non-hydrogen) atoms. The van der Waals surface area contributed by atoms with Gasteiger partial charge in [-0.15, -0.1) is 22.7 Å². The molecule has 2 rings (SSSR count). The van der Waals surface area contributed by atoms with Crippen molar-refractivity contribution in [2.75, 3.05) is 5.32 Å². The van der Waals surface area contributed by atoms with Gasteiger partial charge in [-0.1, -0.05) is 0 Å². The molecule has 12 heteroatoms. The smallest absolute Gasteiger partial charge is 0.409 e. The van der Waals surface area contributed by atoms with Crippen molar-refractivity contribution in [2.45, 2.75) is 26.3 Å². The van der Waals surface area contributed by atoms with Crippen LogP contribution in [0.1, 0.15) is 22.4 Å². The third-order valence-electron chi connectivity index (χ3n) is 2.71. The number of thiazole rings is 1. The highest BCUT2D eigenvalue weighted by atomic mass is 32.1. The van der Waals surface area contributed by atoms with Crippen molar-refractivity contribution < 1.29 is 24.6 Å². The van der Waals surface area contributed by atoms with Crippen LogP contribution in [-0.4, -0.2) is 39.6 Å². The molecule has 3 amide bonds. The third-order valence-corrected chi connectivity index (χ3v) is 4.64. The zero-order valence-corrected chi connectivity index (χ0v) is 16.0. The molecule has 2 aromatic rings. The summed E-state index contributed by atoms with van der Waals surface area (Å²) >= 11 is 3.07. The van der Waals surface area contributed by atoms with Crippen molar-refractivity contribution in [1.29, 1.82) is 0 Å². The molecule has 0 atom stereocenters. The van der Waals surface area contributed by atoms with E-state index in [1.807, 2.05) is 17.5 Å². The van der Waals surface area contributed by atoms with Crippen molar-refractivity contribution in [2.24, 2.45) is 10.7 Å². The molecule has 146 valence electrons. The number of carbonyl (C=O) groups excluding carboxylic acids is 1. The number of hydrogen-bond acceptors (Lipinski definition) is 7. The minimum Gasteiger partial charge on any atom is -0.465 e. The number of thiophene rings is 1. The number of nitrogens with zero attached hydrogens (tertiary/aromatic N) is 2. The number of amides is 3. The fraction of sp³-hybridized carbons (Fsp3) is 0.267. The lowest BCUT2D eigenvalue weighted by atomic mass is 10.2. The van der Waals surface area contributed by atoms with E-state index >= 15 is 0 Å². The maximum atomic E-state index is 11.0. The largest absolute Gasteiger partial charge is 0.465 e. The molecule has 0 fully saturated rings. The summed E-state index contributed by atoms with van der Waals surface area (Å²) in [7, 11) is 0. The van der Waals surface area contributed by atoms with Crippen LogP contribution in [0, 0.1) is 0 Å². The Morgan fingerprint density at radius 1 is 1.26 bits per heavy atom. The highest BCUT2D eigenvalue weighted by Crippen LogP contribution is 2.21. The van der Waals surface area contributed by atoms with Crippen molar-refractivity contribution in [3.8, 4) is 0 Å². The van der Waals surface area contributed by atoms with Crippen LogP contribution in [0.2, 0.25) is 0 Å². The summed E-state index contributed by atoms with van der Waals surface area (Å²) in [6.07, 6.45) is 0.397. The van der Waals surface area contributed by atoms with Gasteiger partial charge in [0.2, 0.25) is 5.91 Å². The molecule has 0 aliphatic rings. The van der Waals surface area contributed by atoms with Gasteiger partial charge in [-0.2, -0.15) is 0 Å². The molecule has 0 aromatic carbocycles. The van der Waals surface area contributed by atoms with Gasteiger partial charge in [-0.25, -0.2) is 14.6 Å². The Morgan fingerprint density at radius 2 is 1.93 bits per heavy atom. The van der Waals surface area contributed by atoms with Gasteiger partial charge in [0.25, 0.3) is 0 Å². The number of carboxylic acid groups (broad SMARTS) is 2. The number of aryl methyl sites for hydroxylation is 2. The van der Waals surface area contributed by atoms with Gasteiger partial charge in [-0.3, -0.25) is 15.1 Å². The molecule has 10 nitrogen and oxygen atoms in total. The molecule has 0 saturated heterocycles. The lowest BCUT2D eigenvalue weighted by molar-refractivity contribution is -0.114. The standard InChI is InChI=1S/C14H16N4O3S2.CH3NO2/c1-9(19)17-13-18-10(7-22-13)2-3-11-4-5-12(23-11)6-15-8-16-14(20)21;2-1(3)4/h4-5,7-8H,2-3,6H2,1H3,(H,15,16)(H,20,21)(H,17,18,19);2H2,(H,3,4). The first-order valence-corrected chi connectivity index (χ1v) is 9.21. The van der Waals surface area contributed by atoms with Crippen LogP contribution in [0.4, 0.5) is 14.7 Å².